The second kappa shape index (κ2) is 7.68. The van der Waals surface area contributed by atoms with Gasteiger partial charge in [-0.3, -0.25) is 9.59 Å². The zero-order valence-electron chi connectivity index (χ0n) is 11.3. The zero-order chi connectivity index (χ0) is 15.2. The van der Waals surface area contributed by atoms with Gasteiger partial charge in [-0.2, -0.15) is 0 Å². The van der Waals surface area contributed by atoms with Crippen LogP contribution in [0.1, 0.15) is 18.1 Å². The van der Waals surface area contributed by atoms with Gasteiger partial charge in [-0.15, -0.1) is 11.8 Å². The maximum atomic E-state index is 11.8. The number of hydrogen-bond donors (Lipinski definition) is 2. The van der Waals surface area contributed by atoms with Crippen molar-refractivity contribution in [3.8, 4) is 0 Å². The number of aliphatic carboxylic acids is 1. The summed E-state index contributed by atoms with van der Waals surface area (Å²) in [7, 11) is 0. The number of nitrogens with one attached hydrogen (secondary N) is 1. The van der Waals surface area contributed by atoms with E-state index in [0.29, 0.717) is 11.6 Å². The third kappa shape index (κ3) is 4.91. The Balaban J connectivity index is 1.88. The highest BCUT2D eigenvalue weighted by molar-refractivity contribution is 8.00. The van der Waals surface area contributed by atoms with E-state index in [1.165, 1.54) is 0 Å². The average molecular weight is 330 g/mol. The average Bonchev–Trinajstić information content (AvgIpc) is 2.87. The molecule has 0 radical (unpaired) electrons. The topological polar surface area (TPSA) is 75.6 Å². The molecular formula is C14H16ClNO4S. The number of carboxylic acids is 1. The van der Waals surface area contributed by atoms with Crippen molar-refractivity contribution in [2.24, 2.45) is 0 Å². The van der Waals surface area contributed by atoms with E-state index in [1.807, 2.05) is 12.1 Å². The van der Waals surface area contributed by atoms with E-state index in [4.69, 9.17) is 21.4 Å². The molecule has 1 fully saturated rings. The van der Waals surface area contributed by atoms with Gasteiger partial charge < -0.3 is 15.2 Å². The molecule has 21 heavy (non-hydrogen) atoms. The standard InChI is InChI=1S/C14H16ClNO4S/c15-10-3-1-9(2-4-10)14-11(5-6-20-14)16-12(17)7-21-8-13(18)19/h1-4,11,14H,5-8H2,(H,16,17)(H,18,19). The number of carboxylic acid groups (broad SMARTS) is 1. The number of thioether (sulfide) groups is 1. The Labute approximate surface area is 132 Å². The van der Waals surface area contributed by atoms with Crippen molar-refractivity contribution in [3.63, 3.8) is 0 Å². The minimum absolute atomic E-state index is 0.0742. The molecule has 0 bridgehead atoms. The maximum Gasteiger partial charge on any atom is 0.313 e. The summed E-state index contributed by atoms with van der Waals surface area (Å²) >= 11 is 6.94. The summed E-state index contributed by atoms with van der Waals surface area (Å²) in [6.07, 6.45) is 0.554. The lowest BCUT2D eigenvalue weighted by Crippen LogP contribution is -2.38. The molecule has 1 aromatic carbocycles. The molecule has 2 unspecified atom stereocenters. The lowest BCUT2D eigenvalue weighted by Gasteiger charge is -2.20. The summed E-state index contributed by atoms with van der Waals surface area (Å²) in [5, 5.41) is 12.1. The summed E-state index contributed by atoms with van der Waals surface area (Å²) in [5.41, 5.74) is 0.973. The Bertz CT molecular complexity index is 508. The minimum Gasteiger partial charge on any atom is -0.481 e. The molecule has 1 aliphatic rings. The van der Waals surface area contributed by atoms with Crippen LogP contribution in [0.25, 0.3) is 0 Å². The first-order chi connectivity index (χ1) is 10.1. The normalized spacial score (nSPS) is 21.2. The Morgan fingerprint density at radius 3 is 2.71 bits per heavy atom. The first kappa shape index (κ1) is 16.1. The predicted molar refractivity (Wildman–Crippen MR) is 81.7 cm³/mol. The first-order valence-electron chi connectivity index (χ1n) is 6.52. The number of carbonyl (C=O) groups is 2. The smallest absolute Gasteiger partial charge is 0.313 e. The number of carbonyl (C=O) groups excluding carboxylic acids is 1. The van der Waals surface area contributed by atoms with Crippen LogP contribution in [-0.4, -0.2) is 41.1 Å². The van der Waals surface area contributed by atoms with Gasteiger partial charge in [-0.05, 0) is 24.1 Å². The van der Waals surface area contributed by atoms with Gasteiger partial charge in [0.25, 0.3) is 0 Å². The van der Waals surface area contributed by atoms with Crippen LogP contribution in [0, 0.1) is 0 Å². The van der Waals surface area contributed by atoms with E-state index in [-0.39, 0.29) is 29.6 Å². The number of rotatable bonds is 6. The van der Waals surface area contributed by atoms with Crippen LogP contribution in [0.2, 0.25) is 5.02 Å². The van der Waals surface area contributed by atoms with E-state index >= 15 is 0 Å². The third-order valence-corrected chi connectivity index (χ3v) is 4.26. The van der Waals surface area contributed by atoms with Gasteiger partial charge >= 0.3 is 5.97 Å². The van der Waals surface area contributed by atoms with Crippen LogP contribution in [0.15, 0.2) is 24.3 Å². The molecule has 2 N–H and O–H groups in total. The van der Waals surface area contributed by atoms with Gasteiger partial charge in [-0.25, -0.2) is 0 Å². The quantitative estimate of drug-likeness (QED) is 0.836. The van der Waals surface area contributed by atoms with Crippen LogP contribution < -0.4 is 5.32 Å². The fourth-order valence-electron chi connectivity index (χ4n) is 2.20. The highest BCUT2D eigenvalue weighted by Gasteiger charge is 2.30. The van der Waals surface area contributed by atoms with Crippen LogP contribution in [0.4, 0.5) is 0 Å². The Morgan fingerprint density at radius 1 is 1.33 bits per heavy atom. The van der Waals surface area contributed by atoms with Crippen LogP contribution >= 0.6 is 23.4 Å². The lowest BCUT2D eigenvalue weighted by atomic mass is 10.0. The zero-order valence-corrected chi connectivity index (χ0v) is 12.8. The van der Waals surface area contributed by atoms with Gasteiger partial charge in [0.2, 0.25) is 5.91 Å². The largest absolute Gasteiger partial charge is 0.481 e. The number of ether oxygens (including phenoxy) is 1. The van der Waals surface area contributed by atoms with Gasteiger partial charge in [0.1, 0.15) is 6.10 Å². The fourth-order valence-corrected chi connectivity index (χ4v) is 2.87. The minimum atomic E-state index is -0.920. The van der Waals surface area contributed by atoms with Crippen molar-refractivity contribution in [3.05, 3.63) is 34.9 Å². The van der Waals surface area contributed by atoms with Crippen molar-refractivity contribution in [2.75, 3.05) is 18.1 Å². The van der Waals surface area contributed by atoms with E-state index < -0.39 is 5.97 Å². The van der Waals surface area contributed by atoms with E-state index in [2.05, 4.69) is 5.32 Å². The number of hydrogen-bond acceptors (Lipinski definition) is 4. The van der Waals surface area contributed by atoms with Gasteiger partial charge in [-0.1, -0.05) is 23.7 Å². The van der Waals surface area contributed by atoms with Gasteiger partial charge in [0.15, 0.2) is 0 Å². The summed E-state index contributed by atoms with van der Waals surface area (Å²) in [6.45, 7) is 0.584. The summed E-state index contributed by atoms with van der Waals surface area (Å²) < 4.78 is 5.68. The molecule has 2 atom stereocenters. The number of benzene rings is 1. The fraction of sp³-hybridized carbons (Fsp3) is 0.429. The monoisotopic (exact) mass is 329 g/mol. The molecule has 1 aliphatic heterocycles. The van der Waals surface area contributed by atoms with Gasteiger partial charge in [0, 0.05) is 11.6 Å². The van der Waals surface area contributed by atoms with Crippen LogP contribution in [0.3, 0.4) is 0 Å². The molecule has 0 aromatic heterocycles. The molecule has 7 heteroatoms. The van der Waals surface area contributed by atoms with Crippen LogP contribution in [-0.2, 0) is 14.3 Å². The molecule has 1 heterocycles. The van der Waals surface area contributed by atoms with Crippen molar-refractivity contribution in [1.82, 2.24) is 5.32 Å². The second-order valence-corrected chi connectivity index (χ2v) is 6.11. The Kier molecular flexibility index (Phi) is 5.90. The van der Waals surface area contributed by atoms with E-state index in [0.717, 1.165) is 23.7 Å². The Hall–Kier alpha value is -1.24. The van der Waals surface area contributed by atoms with E-state index in [1.54, 1.807) is 12.1 Å². The second-order valence-electron chi connectivity index (χ2n) is 4.69. The molecule has 114 valence electrons. The highest BCUT2D eigenvalue weighted by atomic mass is 35.5. The Morgan fingerprint density at radius 2 is 2.05 bits per heavy atom. The SMILES string of the molecule is O=C(O)CSCC(=O)NC1CCOC1c1ccc(Cl)cc1. The molecule has 0 spiro atoms. The number of amides is 1. The number of halogens is 1. The molecule has 0 saturated carbocycles. The molecule has 0 aliphatic carbocycles. The van der Waals surface area contributed by atoms with E-state index in [9.17, 15) is 9.59 Å². The van der Waals surface area contributed by atoms with Crippen molar-refractivity contribution < 1.29 is 19.4 Å². The predicted octanol–water partition coefficient (Wildman–Crippen LogP) is 2.10. The molecule has 1 amide bonds. The van der Waals surface area contributed by atoms with Gasteiger partial charge in [0.05, 0.1) is 17.5 Å². The molecule has 2 rings (SSSR count). The summed E-state index contributed by atoms with van der Waals surface area (Å²) in [4.78, 5) is 22.2. The van der Waals surface area contributed by atoms with Crippen molar-refractivity contribution in [2.45, 2.75) is 18.6 Å². The molecule has 5 nitrogen and oxygen atoms in total. The van der Waals surface area contributed by atoms with Crippen molar-refractivity contribution >= 4 is 35.2 Å². The highest BCUT2D eigenvalue weighted by Crippen LogP contribution is 2.29. The van der Waals surface area contributed by atoms with Crippen LogP contribution in [0.5, 0.6) is 0 Å². The molecular weight excluding hydrogens is 314 g/mol. The maximum absolute atomic E-state index is 11.8. The first-order valence-corrected chi connectivity index (χ1v) is 8.05. The summed E-state index contributed by atoms with van der Waals surface area (Å²) in [5.74, 6) is -1.03. The third-order valence-electron chi connectivity index (χ3n) is 3.10. The molecule has 1 aromatic rings. The van der Waals surface area contributed by atoms with Crippen molar-refractivity contribution in [1.29, 1.82) is 0 Å². The molecule has 1 saturated heterocycles. The lowest BCUT2D eigenvalue weighted by molar-refractivity contribution is -0.133. The summed E-state index contributed by atoms with van der Waals surface area (Å²) in [6, 6.07) is 7.26.